The van der Waals surface area contributed by atoms with Crippen molar-refractivity contribution >= 4 is 12.0 Å². The van der Waals surface area contributed by atoms with Crippen LogP contribution in [-0.2, 0) is 16.9 Å². The highest BCUT2D eigenvalue weighted by atomic mass is 19.1. The standard InChI is InChI=1S/C26H31FN2O4/c1-24(2,3)26(14-13-25(29(26)23(31)32)12-7-15-28-22(25)30)19-9-6-10-20(16-19)33-17-18-8-4-5-11-21(18)27/h4-6,8-11,16H,7,12-15,17H2,1-3H3,(H,28,30)(H,31,32)/t25-,26+/m0/s1. The molecule has 0 bridgehead atoms. The van der Waals surface area contributed by atoms with Gasteiger partial charge in [0.2, 0.25) is 5.91 Å². The molecule has 2 fully saturated rings. The molecule has 2 aromatic rings. The van der Waals surface area contributed by atoms with Crippen molar-refractivity contribution in [3.8, 4) is 5.75 Å². The summed E-state index contributed by atoms with van der Waals surface area (Å²) in [5.74, 6) is -0.0223. The highest BCUT2D eigenvalue weighted by Gasteiger charge is 2.65. The molecule has 4 rings (SSSR count). The molecule has 2 aromatic carbocycles. The number of likely N-dealkylation sites (tertiary alicyclic amines) is 1. The Morgan fingerprint density at radius 2 is 1.91 bits per heavy atom. The van der Waals surface area contributed by atoms with Gasteiger partial charge in [0.25, 0.3) is 0 Å². The predicted molar refractivity (Wildman–Crippen MR) is 122 cm³/mol. The minimum atomic E-state index is -1.10. The van der Waals surface area contributed by atoms with E-state index in [2.05, 4.69) is 5.32 Å². The number of piperidine rings is 1. The van der Waals surface area contributed by atoms with Gasteiger partial charge in [-0.05, 0) is 54.9 Å². The van der Waals surface area contributed by atoms with Gasteiger partial charge in [0.15, 0.2) is 0 Å². The highest BCUT2D eigenvalue weighted by Crippen LogP contribution is 2.58. The first kappa shape index (κ1) is 23.1. The number of hydrogen-bond acceptors (Lipinski definition) is 3. The molecule has 2 aliphatic rings. The molecule has 2 N–H and O–H groups in total. The topological polar surface area (TPSA) is 78.9 Å². The summed E-state index contributed by atoms with van der Waals surface area (Å²) in [4.78, 5) is 27.2. The van der Waals surface area contributed by atoms with Gasteiger partial charge in [0.1, 0.15) is 23.7 Å². The second-order valence-corrected chi connectivity index (χ2v) is 10.0. The van der Waals surface area contributed by atoms with Crippen LogP contribution in [0.5, 0.6) is 5.75 Å². The van der Waals surface area contributed by atoms with E-state index in [-0.39, 0.29) is 18.3 Å². The zero-order chi connectivity index (χ0) is 23.9. The number of nitrogens with one attached hydrogen (secondary N) is 1. The molecule has 1 spiro atoms. The van der Waals surface area contributed by atoms with E-state index >= 15 is 0 Å². The number of nitrogens with zero attached hydrogens (tertiary/aromatic N) is 1. The van der Waals surface area contributed by atoms with E-state index in [4.69, 9.17) is 4.74 Å². The Bertz CT molecular complexity index is 1070. The van der Waals surface area contributed by atoms with Crippen LogP contribution in [-0.4, -0.2) is 34.1 Å². The predicted octanol–water partition coefficient (Wildman–Crippen LogP) is 5.07. The molecule has 2 saturated heterocycles. The van der Waals surface area contributed by atoms with Crippen molar-refractivity contribution in [3.05, 3.63) is 65.5 Å². The third kappa shape index (κ3) is 3.73. The molecule has 0 aromatic heterocycles. The van der Waals surface area contributed by atoms with Crippen LogP contribution in [0, 0.1) is 11.2 Å². The molecule has 176 valence electrons. The number of benzene rings is 2. The van der Waals surface area contributed by atoms with Crippen molar-refractivity contribution in [2.75, 3.05) is 6.54 Å². The van der Waals surface area contributed by atoms with Crippen molar-refractivity contribution in [3.63, 3.8) is 0 Å². The zero-order valence-electron chi connectivity index (χ0n) is 19.4. The lowest BCUT2D eigenvalue weighted by Crippen LogP contribution is -2.66. The van der Waals surface area contributed by atoms with E-state index in [1.54, 1.807) is 24.3 Å². The number of amides is 2. The van der Waals surface area contributed by atoms with Crippen molar-refractivity contribution < 1.29 is 23.8 Å². The normalized spacial score (nSPS) is 25.2. The van der Waals surface area contributed by atoms with E-state index in [1.807, 2.05) is 39.0 Å². The fraction of sp³-hybridized carbons (Fsp3) is 0.462. The molecule has 2 aliphatic heterocycles. The quantitative estimate of drug-likeness (QED) is 0.676. The maximum Gasteiger partial charge on any atom is 0.408 e. The van der Waals surface area contributed by atoms with Crippen molar-refractivity contribution in [2.24, 2.45) is 5.41 Å². The molecule has 0 unspecified atom stereocenters. The number of rotatable bonds is 4. The molecule has 0 saturated carbocycles. The van der Waals surface area contributed by atoms with Gasteiger partial charge < -0.3 is 15.2 Å². The van der Waals surface area contributed by atoms with E-state index in [0.717, 1.165) is 12.0 Å². The number of ether oxygens (including phenoxy) is 1. The maximum atomic E-state index is 14.0. The Balaban J connectivity index is 1.75. The van der Waals surface area contributed by atoms with Gasteiger partial charge in [0, 0.05) is 12.1 Å². The molecular weight excluding hydrogens is 423 g/mol. The Morgan fingerprint density at radius 3 is 2.58 bits per heavy atom. The smallest absolute Gasteiger partial charge is 0.408 e. The summed E-state index contributed by atoms with van der Waals surface area (Å²) < 4.78 is 19.9. The van der Waals surface area contributed by atoms with E-state index in [0.29, 0.717) is 37.1 Å². The van der Waals surface area contributed by atoms with Crippen molar-refractivity contribution in [1.29, 1.82) is 0 Å². The maximum absolute atomic E-state index is 14.0. The van der Waals surface area contributed by atoms with Gasteiger partial charge in [-0.15, -0.1) is 0 Å². The summed E-state index contributed by atoms with van der Waals surface area (Å²) in [5.41, 5.74) is -1.29. The Hall–Kier alpha value is -3.09. The van der Waals surface area contributed by atoms with E-state index < -0.39 is 22.6 Å². The first-order valence-electron chi connectivity index (χ1n) is 11.4. The van der Waals surface area contributed by atoms with Crippen molar-refractivity contribution in [2.45, 2.75) is 64.1 Å². The minimum absolute atomic E-state index is 0.0631. The minimum Gasteiger partial charge on any atom is -0.489 e. The first-order valence-corrected chi connectivity index (χ1v) is 11.4. The third-order valence-corrected chi connectivity index (χ3v) is 7.28. The van der Waals surface area contributed by atoms with Gasteiger partial charge in [-0.25, -0.2) is 9.18 Å². The lowest BCUT2D eigenvalue weighted by atomic mass is 9.67. The van der Waals surface area contributed by atoms with Crippen LogP contribution < -0.4 is 10.1 Å². The van der Waals surface area contributed by atoms with Crippen LogP contribution in [0.1, 0.15) is 57.6 Å². The molecule has 7 heteroatoms. The van der Waals surface area contributed by atoms with Crippen molar-refractivity contribution in [1.82, 2.24) is 10.2 Å². The second kappa shape index (κ2) is 8.36. The molecule has 2 heterocycles. The summed E-state index contributed by atoms with van der Waals surface area (Å²) in [7, 11) is 0. The lowest BCUT2D eigenvalue weighted by molar-refractivity contribution is -0.138. The summed E-state index contributed by atoms with van der Waals surface area (Å²) in [6.07, 6.45) is 1.13. The molecule has 2 amide bonds. The lowest BCUT2D eigenvalue weighted by Gasteiger charge is -2.52. The van der Waals surface area contributed by atoms with Crippen LogP contribution in [0.4, 0.5) is 9.18 Å². The summed E-state index contributed by atoms with van der Waals surface area (Å²) in [6, 6.07) is 13.8. The Kier molecular flexibility index (Phi) is 5.85. The van der Waals surface area contributed by atoms with E-state index in [1.165, 1.54) is 11.0 Å². The molecule has 0 radical (unpaired) electrons. The number of carbonyl (C=O) groups is 2. The fourth-order valence-electron chi connectivity index (χ4n) is 5.67. The molecule has 0 aliphatic carbocycles. The average molecular weight is 455 g/mol. The Labute approximate surface area is 193 Å². The van der Waals surface area contributed by atoms with Crippen LogP contribution in [0.2, 0.25) is 0 Å². The SMILES string of the molecule is CC(C)(C)[C@]1(c2cccc(OCc3ccccc3F)c2)CC[C@]2(CCCNC2=O)N1C(=O)O. The molecule has 33 heavy (non-hydrogen) atoms. The number of hydrogen-bond donors (Lipinski definition) is 2. The van der Waals surface area contributed by atoms with Crippen LogP contribution in [0.25, 0.3) is 0 Å². The third-order valence-electron chi connectivity index (χ3n) is 7.28. The van der Waals surface area contributed by atoms with Crippen LogP contribution >= 0.6 is 0 Å². The van der Waals surface area contributed by atoms with Crippen LogP contribution in [0.3, 0.4) is 0 Å². The summed E-state index contributed by atoms with van der Waals surface area (Å²) >= 11 is 0. The molecule has 6 nitrogen and oxygen atoms in total. The highest BCUT2D eigenvalue weighted by molar-refractivity contribution is 5.91. The molecular formula is C26H31FN2O4. The fourth-order valence-corrected chi connectivity index (χ4v) is 5.67. The van der Waals surface area contributed by atoms with E-state index in [9.17, 15) is 19.1 Å². The monoisotopic (exact) mass is 454 g/mol. The van der Waals surface area contributed by atoms with Gasteiger partial charge in [-0.1, -0.05) is 51.1 Å². The zero-order valence-corrected chi connectivity index (χ0v) is 19.4. The van der Waals surface area contributed by atoms with Gasteiger partial charge in [-0.3, -0.25) is 9.69 Å². The van der Waals surface area contributed by atoms with Crippen LogP contribution in [0.15, 0.2) is 48.5 Å². The summed E-state index contributed by atoms with van der Waals surface area (Å²) in [6.45, 7) is 6.66. The average Bonchev–Trinajstić information content (AvgIpc) is 3.13. The summed E-state index contributed by atoms with van der Waals surface area (Å²) in [5, 5.41) is 13.3. The number of halogens is 1. The number of carbonyl (C=O) groups excluding carboxylic acids is 1. The first-order chi connectivity index (χ1) is 15.6. The van der Waals surface area contributed by atoms with Gasteiger partial charge >= 0.3 is 6.09 Å². The van der Waals surface area contributed by atoms with Gasteiger partial charge in [-0.2, -0.15) is 0 Å². The largest absolute Gasteiger partial charge is 0.489 e. The number of carboxylic acid groups (broad SMARTS) is 1. The molecule has 2 atom stereocenters. The Morgan fingerprint density at radius 1 is 1.15 bits per heavy atom. The second-order valence-electron chi connectivity index (χ2n) is 10.0. The van der Waals surface area contributed by atoms with Gasteiger partial charge in [0.05, 0.1) is 5.54 Å².